The quantitative estimate of drug-likeness (QED) is 0.515. The molecule has 0 spiro atoms. The lowest BCUT2D eigenvalue weighted by Gasteiger charge is -2.05. The normalized spacial score (nSPS) is 10.2. The van der Waals surface area contributed by atoms with Crippen LogP contribution < -0.4 is 0 Å². The van der Waals surface area contributed by atoms with Crippen LogP contribution >= 0.6 is 23.2 Å². The SMILES string of the molecule is Fc1cc(Cn2cncc2C#Cc2ccnc(Cl)c2)ccc1Cl. The summed E-state index contributed by atoms with van der Waals surface area (Å²) in [4.78, 5) is 8.00. The van der Waals surface area contributed by atoms with Gasteiger partial charge in [0.05, 0.1) is 17.5 Å². The number of hydrogen-bond donors (Lipinski definition) is 0. The molecule has 0 aliphatic heterocycles. The Morgan fingerprint density at radius 2 is 2.00 bits per heavy atom. The van der Waals surface area contributed by atoms with Crippen LogP contribution in [0.2, 0.25) is 10.2 Å². The first-order valence-electron chi connectivity index (χ1n) is 6.69. The highest BCUT2D eigenvalue weighted by atomic mass is 35.5. The van der Waals surface area contributed by atoms with E-state index in [4.69, 9.17) is 23.2 Å². The van der Waals surface area contributed by atoms with E-state index < -0.39 is 5.82 Å². The third-order valence-electron chi connectivity index (χ3n) is 3.11. The molecular formula is C17H10Cl2FN3. The van der Waals surface area contributed by atoms with Crippen LogP contribution in [0.1, 0.15) is 16.8 Å². The Hall–Kier alpha value is -2.35. The van der Waals surface area contributed by atoms with Crippen molar-refractivity contribution in [1.29, 1.82) is 0 Å². The van der Waals surface area contributed by atoms with Crippen molar-refractivity contribution in [3.05, 3.63) is 81.9 Å². The maximum atomic E-state index is 13.5. The minimum absolute atomic E-state index is 0.106. The zero-order chi connectivity index (χ0) is 16.2. The molecule has 0 amide bonds. The third kappa shape index (κ3) is 3.89. The van der Waals surface area contributed by atoms with Crippen LogP contribution in [-0.2, 0) is 6.54 Å². The van der Waals surface area contributed by atoms with Crippen LogP contribution in [-0.4, -0.2) is 14.5 Å². The van der Waals surface area contributed by atoms with Gasteiger partial charge in [-0.15, -0.1) is 0 Å². The minimum atomic E-state index is -0.441. The molecule has 0 saturated heterocycles. The first-order valence-corrected chi connectivity index (χ1v) is 7.45. The van der Waals surface area contributed by atoms with E-state index in [9.17, 15) is 4.39 Å². The summed E-state index contributed by atoms with van der Waals surface area (Å²) in [6.45, 7) is 0.454. The second kappa shape index (κ2) is 6.82. The molecule has 3 nitrogen and oxygen atoms in total. The number of aromatic nitrogens is 3. The second-order valence-corrected chi connectivity index (χ2v) is 5.57. The Labute approximate surface area is 142 Å². The van der Waals surface area contributed by atoms with Gasteiger partial charge in [0, 0.05) is 18.3 Å². The topological polar surface area (TPSA) is 30.7 Å². The highest BCUT2D eigenvalue weighted by Crippen LogP contribution is 2.16. The van der Waals surface area contributed by atoms with Crippen LogP contribution in [0.25, 0.3) is 0 Å². The van der Waals surface area contributed by atoms with E-state index in [1.807, 2.05) is 4.57 Å². The van der Waals surface area contributed by atoms with E-state index in [2.05, 4.69) is 21.8 Å². The van der Waals surface area contributed by atoms with Gasteiger partial charge in [0.1, 0.15) is 16.7 Å². The van der Waals surface area contributed by atoms with E-state index >= 15 is 0 Å². The maximum Gasteiger partial charge on any atom is 0.142 e. The first-order chi connectivity index (χ1) is 11.1. The lowest BCUT2D eigenvalue weighted by Crippen LogP contribution is -2.01. The summed E-state index contributed by atoms with van der Waals surface area (Å²) >= 11 is 11.5. The Morgan fingerprint density at radius 1 is 1.13 bits per heavy atom. The van der Waals surface area contributed by atoms with Crippen molar-refractivity contribution in [2.75, 3.05) is 0 Å². The van der Waals surface area contributed by atoms with Crippen molar-refractivity contribution in [2.45, 2.75) is 6.54 Å². The van der Waals surface area contributed by atoms with Crippen LogP contribution in [0.15, 0.2) is 49.1 Å². The molecule has 0 unspecified atom stereocenters. The number of nitrogens with zero attached hydrogens (tertiary/aromatic N) is 3. The number of pyridine rings is 1. The Morgan fingerprint density at radius 3 is 2.78 bits per heavy atom. The molecule has 6 heteroatoms. The van der Waals surface area contributed by atoms with E-state index in [1.165, 1.54) is 12.1 Å². The van der Waals surface area contributed by atoms with Gasteiger partial charge in [-0.05, 0) is 35.7 Å². The van der Waals surface area contributed by atoms with Gasteiger partial charge in [0.2, 0.25) is 0 Å². The zero-order valence-corrected chi connectivity index (χ0v) is 13.3. The molecule has 3 aromatic rings. The lowest BCUT2D eigenvalue weighted by atomic mass is 10.2. The molecule has 114 valence electrons. The van der Waals surface area contributed by atoms with E-state index in [0.717, 1.165) is 11.1 Å². The van der Waals surface area contributed by atoms with Crippen LogP contribution in [0.4, 0.5) is 4.39 Å². The van der Waals surface area contributed by atoms with Crippen molar-refractivity contribution in [1.82, 2.24) is 14.5 Å². The number of halogens is 3. The molecule has 23 heavy (non-hydrogen) atoms. The van der Waals surface area contributed by atoms with Gasteiger partial charge in [0.15, 0.2) is 0 Å². The number of imidazole rings is 1. The molecule has 0 bridgehead atoms. The molecule has 2 aromatic heterocycles. The van der Waals surface area contributed by atoms with Crippen LogP contribution in [0.3, 0.4) is 0 Å². The van der Waals surface area contributed by atoms with Gasteiger partial charge >= 0.3 is 0 Å². The molecule has 0 aliphatic rings. The fourth-order valence-corrected chi connectivity index (χ4v) is 2.29. The van der Waals surface area contributed by atoms with Gasteiger partial charge in [0.25, 0.3) is 0 Å². The average Bonchev–Trinajstić information content (AvgIpc) is 2.96. The standard InChI is InChI=1S/C17H10Cl2FN3/c18-15-4-2-13(7-16(15)20)10-23-11-21-9-14(23)3-1-12-5-6-22-17(19)8-12/h2,4-9,11H,10H2. The Balaban J connectivity index is 1.84. The summed E-state index contributed by atoms with van der Waals surface area (Å²) in [6, 6.07) is 8.17. The summed E-state index contributed by atoms with van der Waals surface area (Å²) in [5.74, 6) is 5.59. The summed E-state index contributed by atoms with van der Waals surface area (Å²) in [5.41, 5.74) is 2.25. The monoisotopic (exact) mass is 345 g/mol. The highest BCUT2D eigenvalue weighted by Gasteiger charge is 2.04. The lowest BCUT2D eigenvalue weighted by molar-refractivity contribution is 0.624. The summed E-state index contributed by atoms with van der Waals surface area (Å²) in [6.07, 6.45) is 4.90. The predicted octanol–water partition coefficient (Wildman–Crippen LogP) is 4.17. The van der Waals surface area contributed by atoms with Crippen molar-refractivity contribution in [3.8, 4) is 11.8 Å². The molecule has 3 rings (SSSR count). The summed E-state index contributed by atoms with van der Waals surface area (Å²) in [7, 11) is 0. The van der Waals surface area contributed by atoms with Crippen molar-refractivity contribution in [2.24, 2.45) is 0 Å². The zero-order valence-electron chi connectivity index (χ0n) is 11.8. The second-order valence-electron chi connectivity index (χ2n) is 4.77. The molecule has 0 N–H and O–H groups in total. The van der Waals surface area contributed by atoms with Crippen molar-refractivity contribution >= 4 is 23.2 Å². The number of hydrogen-bond acceptors (Lipinski definition) is 2. The fourth-order valence-electron chi connectivity index (χ4n) is 2.00. The largest absolute Gasteiger partial charge is 0.320 e. The smallest absolute Gasteiger partial charge is 0.142 e. The molecular weight excluding hydrogens is 336 g/mol. The van der Waals surface area contributed by atoms with Gasteiger partial charge in [-0.1, -0.05) is 35.2 Å². The minimum Gasteiger partial charge on any atom is -0.320 e. The summed E-state index contributed by atoms with van der Waals surface area (Å²) in [5, 5.41) is 0.496. The van der Waals surface area contributed by atoms with E-state index in [-0.39, 0.29) is 5.02 Å². The first kappa shape index (κ1) is 15.5. The molecule has 0 atom stereocenters. The fraction of sp³-hybridized carbons (Fsp3) is 0.0588. The van der Waals surface area contributed by atoms with Gasteiger partial charge in [-0.25, -0.2) is 14.4 Å². The van der Waals surface area contributed by atoms with Crippen LogP contribution in [0, 0.1) is 17.7 Å². The summed E-state index contributed by atoms with van der Waals surface area (Å²) < 4.78 is 15.3. The Bertz CT molecular complexity index is 909. The van der Waals surface area contributed by atoms with E-state index in [1.54, 1.807) is 36.9 Å². The molecule has 0 radical (unpaired) electrons. The third-order valence-corrected chi connectivity index (χ3v) is 3.62. The number of benzene rings is 1. The predicted molar refractivity (Wildman–Crippen MR) is 88.0 cm³/mol. The van der Waals surface area contributed by atoms with Gasteiger partial charge < -0.3 is 4.57 Å². The average molecular weight is 346 g/mol. The van der Waals surface area contributed by atoms with Gasteiger partial charge in [-0.3, -0.25) is 0 Å². The van der Waals surface area contributed by atoms with Gasteiger partial charge in [-0.2, -0.15) is 0 Å². The van der Waals surface area contributed by atoms with Crippen LogP contribution in [0.5, 0.6) is 0 Å². The molecule has 2 heterocycles. The Kier molecular flexibility index (Phi) is 4.61. The molecule has 0 fully saturated rings. The molecule has 0 aliphatic carbocycles. The maximum absolute atomic E-state index is 13.5. The number of rotatable bonds is 2. The highest BCUT2D eigenvalue weighted by molar-refractivity contribution is 6.30. The van der Waals surface area contributed by atoms with Crippen molar-refractivity contribution in [3.63, 3.8) is 0 Å². The van der Waals surface area contributed by atoms with E-state index in [0.29, 0.717) is 17.4 Å². The van der Waals surface area contributed by atoms with Crippen molar-refractivity contribution < 1.29 is 4.39 Å². The molecule has 1 aromatic carbocycles. The molecule has 0 saturated carbocycles.